The summed E-state index contributed by atoms with van der Waals surface area (Å²) in [6.45, 7) is 0. The highest BCUT2D eigenvalue weighted by atomic mass is 35.5. The molecule has 18 heavy (non-hydrogen) atoms. The van der Waals surface area contributed by atoms with E-state index in [1.54, 1.807) is 6.20 Å². The summed E-state index contributed by atoms with van der Waals surface area (Å²) in [5.41, 5.74) is 1.62. The van der Waals surface area contributed by atoms with Gasteiger partial charge in [-0.25, -0.2) is 4.39 Å². The van der Waals surface area contributed by atoms with Crippen molar-refractivity contribution in [2.75, 3.05) is 0 Å². The third-order valence-electron chi connectivity index (χ3n) is 2.80. The molecule has 3 aromatic rings. The molecule has 0 aliphatic rings. The number of hydrogen-bond donors (Lipinski definition) is 4. The van der Waals surface area contributed by atoms with Crippen LogP contribution in [0.2, 0.25) is 5.02 Å². The van der Waals surface area contributed by atoms with Crippen molar-refractivity contribution >= 4 is 22.5 Å². The molecule has 4 nitrogen and oxygen atoms in total. The Kier molecular flexibility index (Phi) is 2.24. The number of aromatic nitrogens is 2. The van der Waals surface area contributed by atoms with Crippen molar-refractivity contribution in [1.29, 1.82) is 0 Å². The van der Waals surface area contributed by atoms with Gasteiger partial charge in [-0.2, -0.15) is 0 Å². The lowest BCUT2D eigenvalue weighted by Crippen LogP contribution is -1.78. The molecule has 0 saturated carbocycles. The van der Waals surface area contributed by atoms with E-state index in [9.17, 15) is 14.6 Å². The normalized spacial score (nSPS) is 11.2. The maximum Gasteiger partial charge on any atom is 0.199 e. The van der Waals surface area contributed by atoms with Gasteiger partial charge in [-0.15, -0.1) is 0 Å². The second-order valence-corrected chi connectivity index (χ2v) is 4.34. The predicted octanol–water partition coefficient (Wildman–Crippen LogP) is 3.37. The molecule has 2 heterocycles. The minimum absolute atomic E-state index is 0.0250. The first-order valence-electron chi connectivity index (χ1n) is 5.13. The van der Waals surface area contributed by atoms with E-state index >= 15 is 0 Å². The summed E-state index contributed by atoms with van der Waals surface area (Å²) < 4.78 is 13.5. The Balaban J connectivity index is 2.30. The third kappa shape index (κ3) is 1.52. The Morgan fingerprint density at radius 2 is 1.89 bits per heavy atom. The van der Waals surface area contributed by atoms with Crippen molar-refractivity contribution in [2.45, 2.75) is 0 Å². The molecule has 0 amide bonds. The lowest BCUT2D eigenvalue weighted by atomic mass is 10.1. The molecule has 0 bridgehead atoms. The average molecular weight is 267 g/mol. The Morgan fingerprint density at radius 1 is 1.11 bits per heavy atom. The van der Waals surface area contributed by atoms with Gasteiger partial charge in [0.25, 0.3) is 0 Å². The fourth-order valence-electron chi connectivity index (χ4n) is 1.97. The van der Waals surface area contributed by atoms with Crippen LogP contribution in [0.25, 0.3) is 22.0 Å². The zero-order valence-corrected chi connectivity index (χ0v) is 9.72. The van der Waals surface area contributed by atoms with Crippen LogP contribution in [0.4, 0.5) is 4.39 Å². The van der Waals surface area contributed by atoms with Crippen LogP contribution in [0, 0.1) is 5.82 Å². The maximum absolute atomic E-state index is 13.5. The van der Waals surface area contributed by atoms with Crippen molar-refractivity contribution in [2.24, 2.45) is 0 Å². The summed E-state index contributed by atoms with van der Waals surface area (Å²) in [5, 5.41) is 19.5. The van der Waals surface area contributed by atoms with Gasteiger partial charge in [0, 0.05) is 34.3 Å². The summed E-state index contributed by atoms with van der Waals surface area (Å²) in [7, 11) is 0. The summed E-state index contributed by atoms with van der Waals surface area (Å²) in [6, 6.07) is 4.12. The fourth-order valence-corrected chi connectivity index (χ4v) is 2.14. The molecule has 6 heteroatoms. The predicted molar refractivity (Wildman–Crippen MR) is 66.4 cm³/mol. The number of aromatic amines is 2. The number of nitrogens with one attached hydrogen (secondary N) is 2. The van der Waals surface area contributed by atoms with Crippen molar-refractivity contribution < 1.29 is 14.6 Å². The number of hydrogen-bond acceptors (Lipinski definition) is 2. The molecule has 4 N–H and O–H groups in total. The minimum atomic E-state index is -0.538. The molecular weight excluding hydrogens is 259 g/mol. The average Bonchev–Trinajstić information content (AvgIpc) is 2.83. The smallest absolute Gasteiger partial charge is 0.199 e. The minimum Gasteiger partial charge on any atom is -0.494 e. The zero-order chi connectivity index (χ0) is 12.9. The van der Waals surface area contributed by atoms with Gasteiger partial charge < -0.3 is 15.2 Å². The monoisotopic (exact) mass is 266 g/mol. The van der Waals surface area contributed by atoms with Crippen LogP contribution in [0.3, 0.4) is 0 Å². The van der Waals surface area contributed by atoms with E-state index in [1.807, 2.05) is 0 Å². The van der Waals surface area contributed by atoms with Crippen molar-refractivity contribution in [1.82, 2.24) is 9.97 Å². The highest BCUT2D eigenvalue weighted by Crippen LogP contribution is 2.37. The molecule has 0 radical (unpaired) electrons. The van der Waals surface area contributed by atoms with Crippen LogP contribution in [-0.2, 0) is 0 Å². The van der Waals surface area contributed by atoms with Gasteiger partial charge in [-0.3, -0.25) is 4.98 Å². The van der Waals surface area contributed by atoms with Crippen molar-refractivity contribution in [3.05, 3.63) is 35.2 Å². The van der Waals surface area contributed by atoms with E-state index in [-0.39, 0.29) is 16.8 Å². The molecule has 3 rings (SSSR count). The molecule has 0 fully saturated rings. The Bertz CT molecular complexity index is 748. The molecule has 0 atom stereocenters. The van der Waals surface area contributed by atoms with Gasteiger partial charge in [0.2, 0.25) is 0 Å². The van der Waals surface area contributed by atoms with Gasteiger partial charge in [-0.1, -0.05) is 11.6 Å². The van der Waals surface area contributed by atoms with Crippen molar-refractivity contribution in [3.63, 3.8) is 0 Å². The fraction of sp³-hybridized carbons (Fsp3) is 0. The first-order valence-corrected chi connectivity index (χ1v) is 5.51. The van der Waals surface area contributed by atoms with Crippen LogP contribution >= 0.6 is 11.6 Å². The molecule has 0 unspecified atom stereocenters. The van der Waals surface area contributed by atoms with Crippen LogP contribution < -0.4 is 0 Å². The van der Waals surface area contributed by atoms with Gasteiger partial charge in [0.05, 0.1) is 5.02 Å². The van der Waals surface area contributed by atoms with E-state index < -0.39 is 5.82 Å². The number of fused-ring (bicyclic) bond motifs is 1. The highest BCUT2D eigenvalue weighted by Gasteiger charge is 2.15. The van der Waals surface area contributed by atoms with E-state index in [0.29, 0.717) is 22.0 Å². The number of rotatable bonds is 1. The second-order valence-electron chi connectivity index (χ2n) is 3.93. The summed E-state index contributed by atoms with van der Waals surface area (Å²) in [4.78, 5) is 5.30. The zero-order valence-electron chi connectivity index (χ0n) is 8.96. The van der Waals surface area contributed by atoms with Crippen LogP contribution in [0.15, 0.2) is 24.4 Å². The molecule has 92 valence electrons. The lowest BCUT2D eigenvalue weighted by Gasteiger charge is -1.98. The Hall–Kier alpha value is -2.14. The maximum atomic E-state index is 13.5. The molecule has 0 aliphatic heterocycles. The second kappa shape index (κ2) is 3.68. The highest BCUT2D eigenvalue weighted by molar-refractivity contribution is 6.31. The molecule has 2 aromatic heterocycles. The number of benzene rings is 1. The van der Waals surface area contributed by atoms with Gasteiger partial charge in [0.15, 0.2) is 11.8 Å². The summed E-state index contributed by atoms with van der Waals surface area (Å²) in [6.07, 6.45) is 1.61. The van der Waals surface area contributed by atoms with Crippen LogP contribution in [-0.4, -0.2) is 20.2 Å². The lowest BCUT2D eigenvalue weighted by molar-refractivity contribution is 0.426. The van der Waals surface area contributed by atoms with Crippen LogP contribution in [0.5, 0.6) is 11.8 Å². The van der Waals surface area contributed by atoms with Crippen LogP contribution in [0.1, 0.15) is 0 Å². The first-order chi connectivity index (χ1) is 8.56. The Labute approximate surface area is 106 Å². The molecule has 1 aromatic carbocycles. The summed E-state index contributed by atoms with van der Waals surface area (Å²) >= 11 is 5.69. The summed E-state index contributed by atoms with van der Waals surface area (Å²) in [5.74, 6) is -0.876. The quantitative estimate of drug-likeness (QED) is 0.545. The molecule has 0 saturated heterocycles. The van der Waals surface area contributed by atoms with Crippen molar-refractivity contribution in [3.8, 4) is 22.9 Å². The topological polar surface area (TPSA) is 72.0 Å². The van der Waals surface area contributed by atoms with E-state index in [1.165, 1.54) is 18.2 Å². The van der Waals surface area contributed by atoms with Gasteiger partial charge in [-0.05, 0) is 12.1 Å². The SMILES string of the molecule is Oc1cc(-c2c[nH]c3cc(Cl)c(F)cc23)c(O)[nH]1. The number of halogens is 2. The molecular formula is C12H8ClFN2O2. The molecule has 0 spiro atoms. The van der Waals surface area contributed by atoms with Gasteiger partial charge in [0.1, 0.15) is 5.82 Å². The molecule has 0 aliphatic carbocycles. The first kappa shape index (κ1) is 11.0. The number of aromatic hydroxyl groups is 2. The Morgan fingerprint density at radius 3 is 2.56 bits per heavy atom. The van der Waals surface area contributed by atoms with E-state index in [0.717, 1.165) is 0 Å². The van der Waals surface area contributed by atoms with E-state index in [2.05, 4.69) is 9.97 Å². The third-order valence-corrected chi connectivity index (χ3v) is 3.09. The van der Waals surface area contributed by atoms with Gasteiger partial charge >= 0.3 is 0 Å². The standard InChI is InChI=1S/C12H8ClFN2O2/c13-8-3-10-5(1-9(8)14)7(4-15-10)6-2-11(17)16-12(6)18/h1-4,15-18H. The largest absolute Gasteiger partial charge is 0.494 e. The number of H-pyrrole nitrogens is 2. The van der Waals surface area contributed by atoms with E-state index in [4.69, 9.17) is 11.6 Å².